The van der Waals surface area contributed by atoms with Crippen LogP contribution in [0.3, 0.4) is 0 Å². The molecule has 1 heterocycles. The number of carbonyl (C=O) groups excluding carboxylic acids is 1. The molecular weight excluding hydrogens is 344 g/mol. The minimum absolute atomic E-state index is 0.0203. The summed E-state index contributed by atoms with van der Waals surface area (Å²) in [7, 11) is -2.24. The van der Waals surface area contributed by atoms with Gasteiger partial charge in [0.25, 0.3) is 0 Å². The zero-order valence-corrected chi connectivity index (χ0v) is 14.5. The predicted molar refractivity (Wildman–Crippen MR) is 92.5 cm³/mol. The van der Waals surface area contributed by atoms with E-state index in [0.29, 0.717) is 30.4 Å². The number of anilines is 1. The van der Waals surface area contributed by atoms with Crippen molar-refractivity contribution in [1.82, 2.24) is 4.72 Å². The van der Waals surface area contributed by atoms with Gasteiger partial charge in [0, 0.05) is 18.8 Å². The van der Waals surface area contributed by atoms with E-state index < -0.39 is 10.0 Å². The van der Waals surface area contributed by atoms with Crippen LogP contribution >= 0.6 is 0 Å². The monoisotopic (exact) mass is 362 g/mol. The van der Waals surface area contributed by atoms with E-state index in [1.807, 2.05) is 6.07 Å². The Balaban J connectivity index is 1.68. The van der Waals surface area contributed by atoms with Crippen molar-refractivity contribution in [2.45, 2.75) is 4.90 Å². The number of likely N-dealkylation sites (N-methyl/N-ethyl adjacent to an activating group) is 1. The van der Waals surface area contributed by atoms with Crippen LogP contribution in [0.2, 0.25) is 0 Å². The lowest BCUT2D eigenvalue weighted by atomic mass is 10.3. The van der Waals surface area contributed by atoms with Gasteiger partial charge < -0.3 is 14.4 Å². The van der Waals surface area contributed by atoms with E-state index in [4.69, 9.17) is 9.47 Å². The smallest absolute Gasteiger partial charge is 0.241 e. The molecule has 1 N–H and O–H groups in total. The summed E-state index contributed by atoms with van der Waals surface area (Å²) in [6.45, 7) is 0.449. The zero-order chi connectivity index (χ0) is 17.9. The van der Waals surface area contributed by atoms with Gasteiger partial charge >= 0.3 is 0 Å². The van der Waals surface area contributed by atoms with Gasteiger partial charge in [-0.3, -0.25) is 4.79 Å². The molecule has 132 valence electrons. The SMILES string of the molecule is CN(C(=O)CNS(=O)(=O)c1ccc2c(c1)OCCO2)c1ccccc1. The summed E-state index contributed by atoms with van der Waals surface area (Å²) in [5, 5.41) is 0. The fourth-order valence-electron chi connectivity index (χ4n) is 2.35. The molecule has 0 saturated heterocycles. The first-order valence-corrected chi connectivity index (χ1v) is 9.16. The number of nitrogens with zero attached hydrogens (tertiary/aromatic N) is 1. The van der Waals surface area contributed by atoms with Crippen LogP contribution in [0, 0.1) is 0 Å². The third-order valence-electron chi connectivity index (χ3n) is 3.75. The van der Waals surface area contributed by atoms with E-state index in [-0.39, 0.29) is 17.3 Å². The molecule has 2 aromatic carbocycles. The maximum atomic E-state index is 12.4. The van der Waals surface area contributed by atoms with Crippen molar-refractivity contribution in [3.63, 3.8) is 0 Å². The molecule has 1 amide bonds. The second kappa shape index (κ2) is 7.12. The van der Waals surface area contributed by atoms with Gasteiger partial charge in [0.1, 0.15) is 13.2 Å². The highest BCUT2D eigenvalue weighted by Gasteiger charge is 2.21. The van der Waals surface area contributed by atoms with Crippen LogP contribution in [0.4, 0.5) is 5.69 Å². The van der Waals surface area contributed by atoms with Crippen molar-refractivity contribution in [3.05, 3.63) is 48.5 Å². The van der Waals surface area contributed by atoms with E-state index in [2.05, 4.69) is 4.72 Å². The summed E-state index contributed by atoms with van der Waals surface area (Å²) in [4.78, 5) is 13.6. The molecule has 7 nitrogen and oxygen atoms in total. The van der Waals surface area contributed by atoms with Gasteiger partial charge in [0.15, 0.2) is 11.5 Å². The van der Waals surface area contributed by atoms with Crippen molar-refractivity contribution in [1.29, 1.82) is 0 Å². The highest BCUT2D eigenvalue weighted by molar-refractivity contribution is 7.89. The van der Waals surface area contributed by atoms with Crippen molar-refractivity contribution >= 4 is 21.6 Å². The minimum atomic E-state index is -3.84. The third kappa shape index (κ3) is 3.92. The summed E-state index contributed by atoms with van der Waals surface area (Å²) in [5.41, 5.74) is 0.686. The highest BCUT2D eigenvalue weighted by Crippen LogP contribution is 2.32. The Hall–Kier alpha value is -2.58. The Morgan fingerprint density at radius 2 is 1.76 bits per heavy atom. The molecule has 0 bridgehead atoms. The number of hydrogen-bond donors (Lipinski definition) is 1. The first-order valence-electron chi connectivity index (χ1n) is 7.68. The Morgan fingerprint density at radius 3 is 2.48 bits per heavy atom. The predicted octanol–water partition coefficient (Wildman–Crippen LogP) is 1.40. The standard InChI is InChI=1S/C17H18N2O5S/c1-19(13-5-3-2-4-6-13)17(20)12-18-25(21,22)14-7-8-15-16(11-14)24-10-9-23-15/h2-8,11,18H,9-10,12H2,1H3. The molecule has 0 radical (unpaired) electrons. The lowest BCUT2D eigenvalue weighted by molar-refractivity contribution is -0.117. The van der Waals surface area contributed by atoms with Gasteiger partial charge in [-0.05, 0) is 24.3 Å². The molecule has 1 aliphatic heterocycles. The van der Waals surface area contributed by atoms with E-state index in [1.165, 1.54) is 17.0 Å². The van der Waals surface area contributed by atoms with Crippen LogP contribution < -0.4 is 19.1 Å². The number of rotatable bonds is 5. The van der Waals surface area contributed by atoms with Gasteiger partial charge in [-0.25, -0.2) is 13.1 Å². The number of carbonyl (C=O) groups is 1. The summed E-state index contributed by atoms with van der Waals surface area (Å²) in [5.74, 6) is 0.513. The Labute approximate surface area is 146 Å². The van der Waals surface area contributed by atoms with Crippen molar-refractivity contribution in [2.75, 3.05) is 31.7 Å². The van der Waals surface area contributed by atoms with Gasteiger partial charge in [0.05, 0.1) is 11.4 Å². The van der Waals surface area contributed by atoms with Gasteiger partial charge in [-0.15, -0.1) is 0 Å². The molecule has 0 atom stereocenters. The molecule has 0 fully saturated rings. The average molecular weight is 362 g/mol. The van der Waals surface area contributed by atoms with Crippen molar-refractivity contribution in [3.8, 4) is 11.5 Å². The fourth-order valence-corrected chi connectivity index (χ4v) is 3.33. The fraction of sp³-hybridized carbons (Fsp3) is 0.235. The zero-order valence-electron chi connectivity index (χ0n) is 13.6. The number of nitrogens with one attached hydrogen (secondary N) is 1. The minimum Gasteiger partial charge on any atom is -0.486 e. The topological polar surface area (TPSA) is 84.9 Å². The molecule has 25 heavy (non-hydrogen) atoms. The van der Waals surface area contributed by atoms with Crippen molar-refractivity contribution in [2.24, 2.45) is 0 Å². The lowest BCUT2D eigenvalue weighted by Gasteiger charge is -2.19. The summed E-state index contributed by atoms with van der Waals surface area (Å²) >= 11 is 0. The first-order chi connectivity index (χ1) is 12.0. The van der Waals surface area contributed by atoms with Crippen LogP contribution in [0.25, 0.3) is 0 Å². The van der Waals surface area contributed by atoms with Crippen LogP contribution in [-0.4, -0.2) is 41.1 Å². The first kappa shape index (κ1) is 17.2. The molecule has 0 spiro atoms. The van der Waals surface area contributed by atoms with Crippen LogP contribution in [0.1, 0.15) is 0 Å². The molecule has 3 rings (SSSR count). The maximum absolute atomic E-state index is 12.4. The highest BCUT2D eigenvalue weighted by atomic mass is 32.2. The van der Waals surface area contributed by atoms with E-state index in [0.717, 1.165) is 0 Å². The van der Waals surface area contributed by atoms with Gasteiger partial charge in [-0.2, -0.15) is 0 Å². The van der Waals surface area contributed by atoms with E-state index in [9.17, 15) is 13.2 Å². The number of benzene rings is 2. The van der Waals surface area contributed by atoms with Crippen LogP contribution in [0.5, 0.6) is 11.5 Å². The van der Waals surface area contributed by atoms with Gasteiger partial charge in [0.2, 0.25) is 15.9 Å². The molecule has 2 aromatic rings. The maximum Gasteiger partial charge on any atom is 0.241 e. The summed E-state index contributed by atoms with van der Waals surface area (Å²) in [6, 6.07) is 13.3. The lowest BCUT2D eigenvalue weighted by Crippen LogP contribution is -2.38. The molecule has 0 unspecified atom stereocenters. The molecule has 1 aliphatic rings. The largest absolute Gasteiger partial charge is 0.486 e. The normalized spacial score (nSPS) is 13.3. The van der Waals surface area contributed by atoms with Crippen LogP contribution in [-0.2, 0) is 14.8 Å². The number of amides is 1. The van der Waals surface area contributed by atoms with Crippen LogP contribution in [0.15, 0.2) is 53.4 Å². The number of fused-ring (bicyclic) bond motifs is 1. The Bertz CT molecular complexity index is 868. The van der Waals surface area contributed by atoms with Crippen molar-refractivity contribution < 1.29 is 22.7 Å². The molecule has 0 aromatic heterocycles. The molecule has 0 saturated carbocycles. The molecular formula is C17H18N2O5S. The van der Waals surface area contributed by atoms with E-state index in [1.54, 1.807) is 37.4 Å². The Morgan fingerprint density at radius 1 is 1.08 bits per heavy atom. The number of para-hydroxylation sites is 1. The van der Waals surface area contributed by atoms with E-state index >= 15 is 0 Å². The van der Waals surface area contributed by atoms with Gasteiger partial charge in [-0.1, -0.05) is 18.2 Å². The Kier molecular flexibility index (Phi) is 4.91. The second-order valence-electron chi connectivity index (χ2n) is 5.42. The summed E-state index contributed by atoms with van der Waals surface area (Å²) < 4.78 is 37.9. The average Bonchev–Trinajstić information content (AvgIpc) is 2.66. The number of sulfonamides is 1. The number of ether oxygens (including phenoxy) is 2. The number of hydrogen-bond acceptors (Lipinski definition) is 5. The molecule has 0 aliphatic carbocycles. The third-order valence-corrected chi connectivity index (χ3v) is 5.15. The second-order valence-corrected chi connectivity index (χ2v) is 7.19. The molecule has 8 heteroatoms. The quantitative estimate of drug-likeness (QED) is 0.869. The summed E-state index contributed by atoms with van der Waals surface area (Å²) in [6.07, 6.45) is 0.